The van der Waals surface area contributed by atoms with Crippen molar-refractivity contribution in [3.63, 3.8) is 0 Å². The number of hydrogen-bond donors (Lipinski definition) is 1. The Bertz CT molecular complexity index is 682. The molecule has 0 saturated heterocycles. The molecule has 2 aromatic rings. The normalized spacial score (nSPS) is 11.5. The van der Waals surface area contributed by atoms with E-state index in [1.807, 2.05) is 0 Å². The van der Waals surface area contributed by atoms with E-state index in [4.69, 9.17) is 23.2 Å². The first kappa shape index (κ1) is 13.2. The number of aryl methyl sites for hydroxylation is 1. The van der Waals surface area contributed by atoms with Crippen molar-refractivity contribution in [3.05, 3.63) is 40.5 Å². The maximum Gasteiger partial charge on any atom is 0.264 e. The third kappa shape index (κ3) is 2.60. The van der Waals surface area contributed by atoms with E-state index in [1.165, 1.54) is 28.9 Å². The highest BCUT2D eigenvalue weighted by Crippen LogP contribution is 2.29. The van der Waals surface area contributed by atoms with Crippen LogP contribution in [0.25, 0.3) is 0 Å². The third-order valence-corrected chi connectivity index (χ3v) is 4.49. The predicted octanol–water partition coefficient (Wildman–Crippen LogP) is 2.53. The minimum Gasteiger partial charge on any atom is -0.274 e. The zero-order chi connectivity index (χ0) is 13.3. The Morgan fingerprint density at radius 2 is 2.00 bits per heavy atom. The highest BCUT2D eigenvalue weighted by Gasteiger charge is 2.20. The number of nitrogens with one attached hydrogen (secondary N) is 1. The fourth-order valence-corrected chi connectivity index (χ4v) is 3.11. The van der Waals surface area contributed by atoms with Gasteiger partial charge < -0.3 is 0 Å². The zero-order valence-electron chi connectivity index (χ0n) is 9.26. The molecule has 96 valence electrons. The maximum atomic E-state index is 12.1. The Balaban J connectivity index is 2.40. The van der Waals surface area contributed by atoms with Gasteiger partial charge in [-0.05, 0) is 12.1 Å². The van der Waals surface area contributed by atoms with Crippen molar-refractivity contribution in [1.82, 2.24) is 9.78 Å². The minimum absolute atomic E-state index is 0.0115. The second-order valence-corrected chi connectivity index (χ2v) is 5.97. The van der Waals surface area contributed by atoms with Crippen molar-refractivity contribution < 1.29 is 8.42 Å². The Labute approximate surface area is 114 Å². The van der Waals surface area contributed by atoms with Gasteiger partial charge in [0.1, 0.15) is 4.90 Å². The molecule has 0 fully saturated rings. The van der Waals surface area contributed by atoms with E-state index in [1.54, 1.807) is 13.2 Å². The van der Waals surface area contributed by atoms with Crippen molar-refractivity contribution in [3.8, 4) is 0 Å². The van der Waals surface area contributed by atoms with Gasteiger partial charge in [-0.2, -0.15) is 5.10 Å². The molecule has 0 amide bonds. The fraction of sp³-hybridized carbons (Fsp3) is 0.100. The Kier molecular flexibility index (Phi) is 3.52. The average molecular weight is 306 g/mol. The molecule has 0 unspecified atom stereocenters. The molecule has 0 saturated carbocycles. The smallest absolute Gasteiger partial charge is 0.264 e. The van der Waals surface area contributed by atoms with E-state index in [0.29, 0.717) is 0 Å². The quantitative estimate of drug-likeness (QED) is 0.947. The van der Waals surface area contributed by atoms with Crippen LogP contribution in [0.3, 0.4) is 0 Å². The first-order valence-electron chi connectivity index (χ1n) is 4.86. The molecule has 0 aliphatic carbocycles. The number of anilines is 1. The van der Waals surface area contributed by atoms with Crippen molar-refractivity contribution in [1.29, 1.82) is 0 Å². The van der Waals surface area contributed by atoms with Gasteiger partial charge in [-0.15, -0.1) is 0 Å². The number of rotatable bonds is 3. The number of aromatic nitrogens is 2. The van der Waals surface area contributed by atoms with Crippen molar-refractivity contribution in [2.75, 3.05) is 4.72 Å². The van der Waals surface area contributed by atoms with E-state index >= 15 is 0 Å². The molecular formula is C10H9Cl2N3O2S. The number of nitrogens with zero attached hydrogens (tertiary/aromatic N) is 2. The lowest BCUT2D eigenvalue weighted by Crippen LogP contribution is -2.14. The van der Waals surface area contributed by atoms with E-state index in [9.17, 15) is 8.42 Å². The van der Waals surface area contributed by atoms with E-state index in [-0.39, 0.29) is 20.8 Å². The molecule has 1 aromatic carbocycles. The largest absolute Gasteiger partial charge is 0.274 e. The summed E-state index contributed by atoms with van der Waals surface area (Å²) in [5.41, 5.74) is 0. The number of halogens is 2. The van der Waals surface area contributed by atoms with Crippen LogP contribution in [0, 0.1) is 0 Å². The topological polar surface area (TPSA) is 64.0 Å². The molecule has 1 N–H and O–H groups in total. The first-order valence-corrected chi connectivity index (χ1v) is 7.10. The molecule has 8 heteroatoms. The second-order valence-electron chi connectivity index (χ2n) is 3.53. The summed E-state index contributed by atoms with van der Waals surface area (Å²) in [6.45, 7) is 0. The maximum absolute atomic E-state index is 12.1. The van der Waals surface area contributed by atoms with Crippen LogP contribution >= 0.6 is 23.2 Å². The molecule has 5 nitrogen and oxygen atoms in total. The molecule has 0 aliphatic heterocycles. The van der Waals surface area contributed by atoms with Gasteiger partial charge in [0.2, 0.25) is 0 Å². The minimum atomic E-state index is -3.80. The number of hydrogen-bond acceptors (Lipinski definition) is 3. The standard InChI is InChI=1S/C10H9Cl2N3O2S/c1-15-6-5-9(13-15)14-18(16,17)8-4-2-3-7(11)10(8)12/h2-6H,1H3,(H,13,14). The van der Waals surface area contributed by atoms with E-state index in [0.717, 1.165) is 0 Å². The van der Waals surface area contributed by atoms with Crippen LogP contribution in [0.1, 0.15) is 0 Å². The summed E-state index contributed by atoms with van der Waals surface area (Å²) in [6, 6.07) is 5.94. The molecular weight excluding hydrogens is 297 g/mol. The van der Waals surface area contributed by atoms with E-state index in [2.05, 4.69) is 9.82 Å². The van der Waals surface area contributed by atoms with Gasteiger partial charge in [0.25, 0.3) is 10.0 Å². The van der Waals surface area contributed by atoms with Gasteiger partial charge in [0.15, 0.2) is 5.82 Å². The summed E-state index contributed by atoms with van der Waals surface area (Å²) < 4.78 is 28.0. The van der Waals surface area contributed by atoms with Crippen LogP contribution in [0.5, 0.6) is 0 Å². The van der Waals surface area contributed by atoms with Crippen molar-refractivity contribution in [2.24, 2.45) is 7.05 Å². The van der Waals surface area contributed by atoms with Crippen LogP contribution < -0.4 is 4.72 Å². The van der Waals surface area contributed by atoms with Crippen LogP contribution in [0.2, 0.25) is 10.0 Å². The third-order valence-electron chi connectivity index (χ3n) is 2.16. The summed E-state index contributed by atoms with van der Waals surface area (Å²) in [5, 5.41) is 4.09. The Hall–Kier alpha value is -1.24. The first-order chi connectivity index (χ1) is 8.40. The molecule has 0 atom stereocenters. The summed E-state index contributed by atoms with van der Waals surface area (Å²) in [7, 11) is -2.11. The summed E-state index contributed by atoms with van der Waals surface area (Å²) in [6.07, 6.45) is 1.62. The highest BCUT2D eigenvalue weighted by molar-refractivity contribution is 7.92. The predicted molar refractivity (Wildman–Crippen MR) is 70.5 cm³/mol. The van der Waals surface area contributed by atoms with Gasteiger partial charge in [-0.25, -0.2) is 8.42 Å². The van der Waals surface area contributed by atoms with Gasteiger partial charge in [-0.3, -0.25) is 9.40 Å². The molecule has 18 heavy (non-hydrogen) atoms. The lowest BCUT2D eigenvalue weighted by molar-refractivity contribution is 0.601. The Morgan fingerprint density at radius 1 is 1.28 bits per heavy atom. The number of benzene rings is 1. The lowest BCUT2D eigenvalue weighted by Gasteiger charge is -2.07. The molecule has 1 heterocycles. The molecule has 0 aliphatic rings. The summed E-state index contributed by atoms with van der Waals surface area (Å²) in [5.74, 6) is 0.216. The Morgan fingerprint density at radius 3 is 2.61 bits per heavy atom. The van der Waals surface area contributed by atoms with Crippen molar-refractivity contribution >= 4 is 39.0 Å². The summed E-state index contributed by atoms with van der Waals surface area (Å²) >= 11 is 11.7. The fourth-order valence-electron chi connectivity index (χ4n) is 1.35. The van der Waals surface area contributed by atoms with Crippen LogP contribution in [0.15, 0.2) is 35.4 Å². The lowest BCUT2D eigenvalue weighted by atomic mass is 10.4. The molecule has 0 bridgehead atoms. The SMILES string of the molecule is Cn1ccc(NS(=O)(=O)c2cccc(Cl)c2Cl)n1. The molecule has 0 spiro atoms. The van der Waals surface area contributed by atoms with Gasteiger partial charge >= 0.3 is 0 Å². The monoisotopic (exact) mass is 305 g/mol. The van der Waals surface area contributed by atoms with Crippen LogP contribution in [-0.2, 0) is 17.1 Å². The van der Waals surface area contributed by atoms with E-state index < -0.39 is 10.0 Å². The molecule has 0 radical (unpaired) electrons. The summed E-state index contributed by atoms with van der Waals surface area (Å²) in [4.78, 5) is -0.0812. The highest BCUT2D eigenvalue weighted by atomic mass is 35.5. The average Bonchev–Trinajstić information content (AvgIpc) is 2.67. The van der Waals surface area contributed by atoms with Crippen LogP contribution in [-0.4, -0.2) is 18.2 Å². The van der Waals surface area contributed by atoms with Crippen molar-refractivity contribution in [2.45, 2.75) is 4.90 Å². The molecule has 2 rings (SSSR count). The zero-order valence-corrected chi connectivity index (χ0v) is 11.6. The molecule has 1 aromatic heterocycles. The van der Waals surface area contributed by atoms with Gasteiger partial charge in [0.05, 0.1) is 10.0 Å². The van der Waals surface area contributed by atoms with Crippen LogP contribution in [0.4, 0.5) is 5.82 Å². The second kappa shape index (κ2) is 4.79. The van der Waals surface area contributed by atoms with Gasteiger partial charge in [-0.1, -0.05) is 29.3 Å². The van der Waals surface area contributed by atoms with Gasteiger partial charge in [0, 0.05) is 19.3 Å². The number of sulfonamides is 1.